The van der Waals surface area contributed by atoms with Crippen molar-refractivity contribution in [3.63, 3.8) is 0 Å². The van der Waals surface area contributed by atoms with Crippen molar-refractivity contribution in [2.45, 2.75) is 31.8 Å². The van der Waals surface area contributed by atoms with E-state index >= 15 is 0 Å². The number of nitrogens with zero attached hydrogens (tertiary/aromatic N) is 4. The van der Waals surface area contributed by atoms with Crippen LogP contribution >= 0.6 is 0 Å². The molecule has 4 rings (SSSR count). The van der Waals surface area contributed by atoms with Crippen molar-refractivity contribution in [1.29, 1.82) is 0 Å². The van der Waals surface area contributed by atoms with Crippen LogP contribution in [0.2, 0.25) is 0 Å². The highest BCUT2D eigenvalue weighted by atomic mass is 16.5. The fourth-order valence-electron chi connectivity index (χ4n) is 4.17. The number of aromatic nitrogens is 3. The van der Waals surface area contributed by atoms with Crippen LogP contribution in [0.1, 0.15) is 41.4 Å². The maximum Gasteiger partial charge on any atom is 0.273 e. The summed E-state index contributed by atoms with van der Waals surface area (Å²) in [6.07, 6.45) is 4.15. The van der Waals surface area contributed by atoms with Gasteiger partial charge in [-0.1, -0.05) is 35.5 Å². The van der Waals surface area contributed by atoms with Crippen molar-refractivity contribution >= 4 is 16.7 Å². The van der Waals surface area contributed by atoms with Crippen LogP contribution in [0.5, 0.6) is 5.75 Å². The SMILES string of the molecule is COc1ccc2ccccc2c1CN1CCC(n2cc(C(=O)NCCCO)nn2)CC1. The first-order valence-corrected chi connectivity index (χ1v) is 10.8. The molecule has 0 bridgehead atoms. The first kappa shape index (κ1) is 21.3. The standard InChI is InChI=1S/C23H29N5O3/c1-31-22-8-7-17-5-2-3-6-19(17)20(22)15-27-12-9-18(10-13-27)28-16-21(25-26-28)23(30)24-11-4-14-29/h2-3,5-8,16,18,29H,4,9-15H2,1H3,(H,24,30). The fourth-order valence-corrected chi connectivity index (χ4v) is 4.17. The van der Waals surface area contributed by atoms with Crippen LogP contribution in [0.4, 0.5) is 0 Å². The van der Waals surface area contributed by atoms with Gasteiger partial charge in [0.15, 0.2) is 5.69 Å². The lowest BCUT2D eigenvalue weighted by Gasteiger charge is -2.32. The molecule has 0 spiro atoms. The van der Waals surface area contributed by atoms with Crippen LogP contribution in [0, 0.1) is 0 Å². The molecule has 1 aliphatic heterocycles. The molecule has 8 heteroatoms. The monoisotopic (exact) mass is 423 g/mol. The number of fused-ring (bicyclic) bond motifs is 1. The van der Waals surface area contributed by atoms with Gasteiger partial charge in [0, 0.05) is 38.3 Å². The molecule has 1 aromatic heterocycles. The Kier molecular flexibility index (Phi) is 6.79. The number of carbonyl (C=O) groups is 1. The Hall–Kier alpha value is -2.97. The van der Waals surface area contributed by atoms with Crippen LogP contribution in [0.3, 0.4) is 0 Å². The lowest BCUT2D eigenvalue weighted by atomic mass is 10.0. The average Bonchev–Trinajstić information content (AvgIpc) is 3.30. The Labute approximate surface area is 181 Å². The summed E-state index contributed by atoms with van der Waals surface area (Å²) in [4.78, 5) is 14.6. The zero-order valence-electron chi connectivity index (χ0n) is 17.8. The van der Waals surface area contributed by atoms with E-state index < -0.39 is 0 Å². The van der Waals surface area contributed by atoms with E-state index in [9.17, 15) is 4.79 Å². The summed E-state index contributed by atoms with van der Waals surface area (Å²) in [6, 6.07) is 12.8. The molecule has 0 unspecified atom stereocenters. The number of rotatable bonds is 8. The summed E-state index contributed by atoms with van der Waals surface area (Å²) in [5.41, 5.74) is 1.54. The minimum Gasteiger partial charge on any atom is -0.496 e. The molecule has 2 N–H and O–H groups in total. The van der Waals surface area contributed by atoms with Crippen LogP contribution in [-0.4, -0.2) is 64.3 Å². The summed E-state index contributed by atoms with van der Waals surface area (Å²) < 4.78 is 7.46. The molecular weight excluding hydrogens is 394 g/mol. The molecule has 164 valence electrons. The maximum absolute atomic E-state index is 12.1. The zero-order valence-corrected chi connectivity index (χ0v) is 17.8. The Bertz CT molecular complexity index is 1030. The first-order chi connectivity index (χ1) is 15.2. The number of amides is 1. The maximum atomic E-state index is 12.1. The summed E-state index contributed by atoms with van der Waals surface area (Å²) >= 11 is 0. The largest absolute Gasteiger partial charge is 0.496 e. The van der Waals surface area contributed by atoms with E-state index in [0.717, 1.165) is 38.2 Å². The van der Waals surface area contributed by atoms with Crippen molar-refractivity contribution in [3.8, 4) is 5.75 Å². The normalized spacial score (nSPS) is 15.3. The fraction of sp³-hybridized carbons (Fsp3) is 0.435. The molecule has 0 radical (unpaired) electrons. The van der Waals surface area contributed by atoms with E-state index in [1.807, 2.05) is 10.7 Å². The number of methoxy groups -OCH3 is 1. The van der Waals surface area contributed by atoms with Gasteiger partial charge >= 0.3 is 0 Å². The summed E-state index contributed by atoms with van der Waals surface area (Å²) in [5, 5.41) is 22.2. The number of ether oxygens (including phenoxy) is 1. The quantitative estimate of drug-likeness (QED) is 0.541. The van der Waals surface area contributed by atoms with E-state index in [2.05, 4.69) is 50.9 Å². The van der Waals surface area contributed by atoms with E-state index in [1.165, 1.54) is 16.3 Å². The minimum atomic E-state index is -0.250. The lowest BCUT2D eigenvalue weighted by Crippen LogP contribution is -2.34. The molecular formula is C23H29N5O3. The molecule has 0 saturated carbocycles. The highest BCUT2D eigenvalue weighted by molar-refractivity contribution is 5.91. The zero-order chi connectivity index (χ0) is 21.6. The molecule has 1 fully saturated rings. The predicted molar refractivity (Wildman–Crippen MR) is 118 cm³/mol. The molecule has 0 atom stereocenters. The van der Waals surface area contributed by atoms with Gasteiger partial charge in [0.2, 0.25) is 0 Å². The molecule has 1 aliphatic rings. The second kappa shape index (κ2) is 9.89. The highest BCUT2D eigenvalue weighted by Gasteiger charge is 2.24. The average molecular weight is 424 g/mol. The van der Waals surface area contributed by atoms with Crippen molar-refractivity contribution < 1.29 is 14.6 Å². The number of aliphatic hydroxyl groups is 1. The van der Waals surface area contributed by atoms with E-state index in [-0.39, 0.29) is 18.6 Å². The van der Waals surface area contributed by atoms with Gasteiger partial charge in [0.1, 0.15) is 5.75 Å². The second-order valence-electron chi connectivity index (χ2n) is 7.89. The third-order valence-corrected chi connectivity index (χ3v) is 5.89. The lowest BCUT2D eigenvalue weighted by molar-refractivity contribution is 0.0946. The van der Waals surface area contributed by atoms with Crippen LogP contribution < -0.4 is 10.1 Å². The van der Waals surface area contributed by atoms with Gasteiger partial charge in [-0.2, -0.15) is 0 Å². The molecule has 1 amide bonds. The third-order valence-electron chi connectivity index (χ3n) is 5.89. The second-order valence-corrected chi connectivity index (χ2v) is 7.89. The molecule has 8 nitrogen and oxygen atoms in total. The molecule has 1 saturated heterocycles. The molecule has 0 aliphatic carbocycles. The third kappa shape index (κ3) is 4.86. The van der Waals surface area contributed by atoms with Crippen molar-refractivity contribution in [2.24, 2.45) is 0 Å². The van der Waals surface area contributed by atoms with Crippen molar-refractivity contribution in [2.75, 3.05) is 33.4 Å². The highest BCUT2D eigenvalue weighted by Crippen LogP contribution is 2.31. The first-order valence-electron chi connectivity index (χ1n) is 10.8. The van der Waals surface area contributed by atoms with E-state index in [4.69, 9.17) is 9.84 Å². The van der Waals surface area contributed by atoms with Gasteiger partial charge in [-0.15, -0.1) is 5.10 Å². The number of likely N-dealkylation sites (tertiary alicyclic amines) is 1. The number of hydrogen-bond donors (Lipinski definition) is 2. The Morgan fingerprint density at radius 3 is 2.81 bits per heavy atom. The van der Waals surface area contributed by atoms with Crippen molar-refractivity contribution in [3.05, 3.63) is 53.9 Å². The Balaban J connectivity index is 1.38. The topological polar surface area (TPSA) is 92.5 Å². The van der Waals surface area contributed by atoms with E-state index in [0.29, 0.717) is 18.7 Å². The van der Waals surface area contributed by atoms with Crippen LogP contribution in [0.15, 0.2) is 42.6 Å². The van der Waals surface area contributed by atoms with Gasteiger partial charge in [0.25, 0.3) is 5.91 Å². The summed E-state index contributed by atoms with van der Waals surface area (Å²) in [7, 11) is 1.72. The van der Waals surface area contributed by atoms with Crippen molar-refractivity contribution in [1.82, 2.24) is 25.2 Å². The number of nitrogens with one attached hydrogen (secondary N) is 1. The number of aliphatic hydroxyl groups excluding tert-OH is 1. The minimum absolute atomic E-state index is 0.0518. The number of piperidine rings is 1. The van der Waals surface area contributed by atoms with Gasteiger partial charge in [0.05, 0.1) is 19.3 Å². The van der Waals surface area contributed by atoms with E-state index in [1.54, 1.807) is 13.3 Å². The van der Waals surface area contributed by atoms with Gasteiger partial charge in [-0.05, 0) is 36.1 Å². The predicted octanol–water partition coefficient (Wildman–Crippen LogP) is 2.39. The van der Waals surface area contributed by atoms with Gasteiger partial charge in [-0.3, -0.25) is 9.69 Å². The molecule has 3 aromatic rings. The van der Waals surface area contributed by atoms with Gasteiger partial charge in [-0.25, -0.2) is 4.68 Å². The smallest absolute Gasteiger partial charge is 0.273 e. The van der Waals surface area contributed by atoms with Gasteiger partial charge < -0.3 is 15.2 Å². The Morgan fingerprint density at radius 1 is 1.23 bits per heavy atom. The number of benzene rings is 2. The Morgan fingerprint density at radius 2 is 2.03 bits per heavy atom. The number of hydrogen-bond acceptors (Lipinski definition) is 6. The molecule has 2 aromatic carbocycles. The summed E-state index contributed by atoms with van der Waals surface area (Å²) in [5.74, 6) is 0.675. The van der Waals surface area contributed by atoms with Crippen LogP contribution in [0.25, 0.3) is 10.8 Å². The summed E-state index contributed by atoms with van der Waals surface area (Å²) in [6.45, 7) is 3.20. The van der Waals surface area contributed by atoms with Crippen LogP contribution in [-0.2, 0) is 6.54 Å². The molecule has 2 heterocycles. The molecule has 31 heavy (non-hydrogen) atoms. The number of carbonyl (C=O) groups excluding carboxylic acids is 1.